The molecule has 0 saturated carbocycles. The first kappa shape index (κ1) is 14.5. The van der Waals surface area contributed by atoms with E-state index in [1.807, 2.05) is 0 Å². The van der Waals surface area contributed by atoms with Gasteiger partial charge in [-0.25, -0.2) is 13.4 Å². The molecule has 2 aliphatic heterocycles. The number of hydrogen-bond donors (Lipinski definition) is 2. The van der Waals surface area contributed by atoms with E-state index in [1.54, 1.807) is 0 Å². The molecule has 2 aliphatic rings. The van der Waals surface area contributed by atoms with Crippen LogP contribution in [0.4, 0.5) is 0 Å². The molecule has 0 atom stereocenters. The Bertz CT molecular complexity index is 419. The van der Waals surface area contributed by atoms with E-state index in [-0.39, 0.29) is 0 Å². The summed E-state index contributed by atoms with van der Waals surface area (Å²) in [6.07, 6.45) is 1.11. The minimum absolute atomic E-state index is 0.324. The zero-order valence-corrected chi connectivity index (χ0v) is 11.9. The second-order valence-corrected chi connectivity index (χ2v) is 6.45. The van der Waals surface area contributed by atoms with E-state index < -0.39 is 10.0 Å². The van der Waals surface area contributed by atoms with Gasteiger partial charge in [0, 0.05) is 26.2 Å². The first-order valence-electron chi connectivity index (χ1n) is 6.31. The van der Waals surface area contributed by atoms with E-state index in [0.29, 0.717) is 19.3 Å². The summed E-state index contributed by atoms with van der Waals surface area (Å²) < 4.78 is 29.7. The van der Waals surface area contributed by atoms with Crippen molar-refractivity contribution in [3.8, 4) is 0 Å². The molecule has 0 bridgehead atoms. The van der Waals surface area contributed by atoms with Crippen LogP contribution in [0, 0.1) is 0 Å². The summed E-state index contributed by atoms with van der Waals surface area (Å²) in [6, 6.07) is 0. The molecule has 0 amide bonds. The van der Waals surface area contributed by atoms with Gasteiger partial charge in [0.15, 0.2) is 0 Å². The zero-order chi connectivity index (χ0) is 13.7. The maximum Gasteiger partial charge on any atom is 0.232 e. The van der Waals surface area contributed by atoms with Crippen LogP contribution < -0.4 is 10.0 Å². The van der Waals surface area contributed by atoms with Crippen LogP contribution in [0.15, 0.2) is 4.99 Å². The average Bonchev–Trinajstić information content (AvgIpc) is 2.37. The van der Waals surface area contributed by atoms with Gasteiger partial charge in [0.1, 0.15) is 0 Å². The van der Waals surface area contributed by atoms with Gasteiger partial charge < -0.3 is 10.1 Å². The molecule has 19 heavy (non-hydrogen) atoms. The van der Waals surface area contributed by atoms with Crippen molar-refractivity contribution in [1.82, 2.24) is 19.8 Å². The summed E-state index contributed by atoms with van der Waals surface area (Å²) in [6.45, 7) is 6.56. The van der Waals surface area contributed by atoms with Gasteiger partial charge in [0.2, 0.25) is 16.0 Å². The highest BCUT2D eigenvalue weighted by molar-refractivity contribution is 7.89. The van der Waals surface area contributed by atoms with Gasteiger partial charge in [-0.3, -0.25) is 14.5 Å². The van der Waals surface area contributed by atoms with Gasteiger partial charge in [-0.1, -0.05) is 0 Å². The normalized spacial score (nSPS) is 22.7. The van der Waals surface area contributed by atoms with Gasteiger partial charge in [0.25, 0.3) is 0 Å². The summed E-state index contributed by atoms with van der Waals surface area (Å²) in [5.41, 5.74) is 0. The number of nitrogens with one attached hydrogen (secondary N) is 2. The van der Waals surface area contributed by atoms with Crippen LogP contribution >= 0.6 is 0 Å². The number of morpholine rings is 1. The monoisotopic (exact) mass is 291 g/mol. The third-order valence-corrected chi connectivity index (χ3v) is 3.58. The van der Waals surface area contributed by atoms with Crippen molar-refractivity contribution in [2.45, 2.75) is 0 Å². The Kier molecular flexibility index (Phi) is 4.97. The summed E-state index contributed by atoms with van der Waals surface area (Å²) in [5, 5.41) is 2.96. The predicted octanol–water partition coefficient (Wildman–Crippen LogP) is -1.96. The summed E-state index contributed by atoms with van der Waals surface area (Å²) >= 11 is 0. The molecule has 0 aromatic carbocycles. The van der Waals surface area contributed by atoms with E-state index >= 15 is 0 Å². The first-order chi connectivity index (χ1) is 9.03. The van der Waals surface area contributed by atoms with Crippen LogP contribution in [-0.2, 0) is 14.8 Å². The van der Waals surface area contributed by atoms with Crippen molar-refractivity contribution in [1.29, 1.82) is 0 Å². The fraction of sp³-hybridized carbons (Fsp3) is 0.900. The van der Waals surface area contributed by atoms with E-state index in [9.17, 15) is 8.42 Å². The molecular formula is C10H21N5O3S. The van der Waals surface area contributed by atoms with Crippen LogP contribution in [-0.4, -0.2) is 83.2 Å². The molecule has 8 nitrogen and oxygen atoms in total. The fourth-order valence-corrected chi connectivity index (χ4v) is 2.45. The highest BCUT2D eigenvalue weighted by Crippen LogP contribution is 1.99. The van der Waals surface area contributed by atoms with E-state index in [4.69, 9.17) is 4.74 Å². The lowest BCUT2D eigenvalue weighted by Gasteiger charge is -2.31. The summed E-state index contributed by atoms with van der Waals surface area (Å²) in [5.74, 6) is 0.324. The SMILES string of the molecule is CS(=O)(=O)NC1=NCN(CCN2CCOCC2)CN1. The molecule has 110 valence electrons. The van der Waals surface area contributed by atoms with Gasteiger partial charge in [-0.05, 0) is 0 Å². The Morgan fingerprint density at radius 3 is 2.58 bits per heavy atom. The van der Waals surface area contributed by atoms with E-state index in [2.05, 4.69) is 24.8 Å². The average molecular weight is 291 g/mol. The molecule has 0 radical (unpaired) electrons. The van der Waals surface area contributed by atoms with Crippen LogP contribution in [0.1, 0.15) is 0 Å². The molecule has 9 heteroatoms. The maximum absolute atomic E-state index is 11.0. The van der Waals surface area contributed by atoms with Crippen molar-refractivity contribution in [3.63, 3.8) is 0 Å². The van der Waals surface area contributed by atoms with Gasteiger partial charge in [-0.15, -0.1) is 0 Å². The Balaban J connectivity index is 1.70. The number of hydrogen-bond acceptors (Lipinski definition) is 7. The van der Waals surface area contributed by atoms with Crippen LogP contribution in [0.2, 0.25) is 0 Å². The molecule has 2 N–H and O–H groups in total. The molecule has 2 rings (SSSR count). The largest absolute Gasteiger partial charge is 0.379 e. The highest BCUT2D eigenvalue weighted by atomic mass is 32.2. The molecule has 0 aromatic heterocycles. The van der Waals surface area contributed by atoms with Gasteiger partial charge in [-0.2, -0.15) is 0 Å². The number of nitrogens with zero attached hydrogens (tertiary/aromatic N) is 3. The fourth-order valence-electron chi connectivity index (χ4n) is 1.96. The quantitative estimate of drug-likeness (QED) is 0.626. The van der Waals surface area contributed by atoms with E-state index in [0.717, 1.165) is 45.6 Å². The van der Waals surface area contributed by atoms with Crippen LogP contribution in [0.5, 0.6) is 0 Å². The van der Waals surface area contributed by atoms with Crippen molar-refractivity contribution in [2.75, 3.05) is 59.0 Å². The molecule has 0 spiro atoms. The third kappa shape index (κ3) is 5.31. The highest BCUT2D eigenvalue weighted by Gasteiger charge is 2.16. The Morgan fingerprint density at radius 1 is 1.32 bits per heavy atom. The second-order valence-electron chi connectivity index (χ2n) is 4.71. The second kappa shape index (κ2) is 6.51. The number of guanidine groups is 1. The standard InChI is InChI=1S/C10H21N5O3S/c1-19(16,17)13-10-11-8-15(9-12-10)3-2-14-4-6-18-7-5-14/h2-9H2,1H3,(H2,11,12,13). The van der Waals surface area contributed by atoms with Crippen molar-refractivity contribution in [3.05, 3.63) is 0 Å². The zero-order valence-electron chi connectivity index (χ0n) is 11.1. The molecule has 1 saturated heterocycles. The first-order valence-corrected chi connectivity index (χ1v) is 8.21. The lowest BCUT2D eigenvalue weighted by molar-refractivity contribution is 0.0331. The van der Waals surface area contributed by atoms with Gasteiger partial charge >= 0.3 is 0 Å². The summed E-state index contributed by atoms with van der Waals surface area (Å²) in [7, 11) is -3.25. The third-order valence-electron chi connectivity index (χ3n) is 3.02. The molecule has 0 aromatic rings. The molecule has 0 aliphatic carbocycles. The lowest BCUT2D eigenvalue weighted by atomic mass is 10.4. The Hall–Kier alpha value is -0.900. The van der Waals surface area contributed by atoms with E-state index in [1.165, 1.54) is 0 Å². The number of aliphatic imine (C=N–C) groups is 1. The van der Waals surface area contributed by atoms with Crippen molar-refractivity contribution < 1.29 is 13.2 Å². The maximum atomic E-state index is 11.0. The lowest BCUT2D eigenvalue weighted by Crippen LogP contribution is -2.51. The minimum Gasteiger partial charge on any atom is -0.379 e. The number of ether oxygens (including phenoxy) is 1. The van der Waals surface area contributed by atoms with Crippen molar-refractivity contribution >= 4 is 16.0 Å². The van der Waals surface area contributed by atoms with Crippen LogP contribution in [0.25, 0.3) is 0 Å². The predicted molar refractivity (Wildman–Crippen MR) is 72.2 cm³/mol. The van der Waals surface area contributed by atoms with Crippen LogP contribution in [0.3, 0.4) is 0 Å². The Labute approximate surface area is 113 Å². The van der Waals surface area contributed by atoms with Crippen molar-refractivity contribution in [2.24, 2.45) is 4.99 Å². The smallest absolute Gasteiger partial charge is 0.232 e. The molecule has 1 fully saturated rings. The summed E-state index contributed by atoms with van der Waals surface area (Å²) in [4.78, 5) is 8.64. The molecule has 0 unspecified atom stereocenters. The minimum atomic E-state index is -3.25. The number of sulfonamides is 1. The Morgan fingerprint density at radius 2 is 2.00 bits per heavy atom. The molecular weight excluding hydrogens is 270 g/mol. The topological polar surface area (TPSA) is 86.3 Å². The number of rotatable bonds is 4. The molecule has 2 heterocycles. The van der Waals surface area contributed by atoms with Gasteiger partial charge in [0.05, 0.1) is 32.8 Å².